The average molecular weight is 330 g/mol. The molecule has 1 aromatic rings. The van der Waals surface area contributed by atoms with E-state index in [-0.39, 0.29) is 23.6 Å². The van der Waals surface area contributed by atoms with Crippen LogP contribution >= 0.6 is 23.4 Å². The minimum absolute atomic E-state index is 0.0230. The molecule has 1 amide bonds. The number of benzene rings is 1. The quantitative estimate of drug-likeness (QED) is 0.715. The first-order valence-electron chi connectivity index (χ1n) is 6.83. The van der Waals surface area contributed by atoms with E-state index in [1.807, 2.05) is 26.0 Å². The Bertz CT molecular complexity index is 478. The number of thioether (sulfide) groups is 1. The highest BCUT2D eigenvalue weighted by Crippen LogP contribution is 2.24. The van der Waals surface area contributed by atoms with Gasteiger partial charge in [0.05, 0.1) is 5.25 Å². The van der Waals surface area contributed by atoms with Gasteiger partial charge in [0.25, 0.3) is 0 Å². The van der Waals surface area contributed by atoms with Crippen LogP contribution in [0.15, 0.2) is 29.2 Å². The summed E-state index contributed by atoms with van der Waals surface area (Å²) in [6.45, 7) is 3.73. The summed E-state index contributed by atoms with van der Waals surface area (Å²) >= 11 is 7.29. The molecule has 0 saturated carbocycles. The van der Waals surface area contributed by atoms with E-state index in [4.69, 9.17) is 16.7 Å². The number of hydrogen-bond donors (Lipinski definition) is 2. The molecular formula is C15H20ClNO3S. The third-order valence-electron chi connectivity index (χ3n) is 2.91. The first kappa shape index (κ1) is 17.9. The molecule has 4 nitrogen and oxygen atoms in total. The molecule has 0 aliphatic rings. The minimum Gasteiger partial charge on any atom is -0.481 e. The standard InChI is InChI=1S/C15H20ClNO3S/c1-10(4-3-5-14(18)19)17-15(20)11(2)21-13-8-6-12(16)7-9-13/h6-11H,3-5H2,1-2H3,(H,17,20)(H,18,19). The zero-order valence-corrected chi connectivity index (χ0v) is 13.7. The Morgan fingerprint density at radius 2 is 1.90 bits per heavy atom. The van der Waals surface area contributed by atoms with Crippen LogP contribution in [-0.2, 0) is 9.59 Å². The summed E-state index contributed by atoms with van der Waals surface area (Å²) in [5, 5.41) is 11.9. The third kappa shape index (κ3) is 7.39. The molecule has 2 atom stereocenters. The Balaban J connectivity index is 2.36. The van der Waals surface area contributed by atoms with Crippen LogP contribution in [0.25, 0.3) is 0 Å². The molecule has 0 aromatic heterocycles. The number of halogens is 1. The van der Waals surface area contributed by atoms with Gasteiger partial charge in [0, 0.05) is 22.4 Å². The molecule has 0 aliphatic carbocycles. The predicted molar refractivity (Wildman–Crippen MR) is 85.9 cm³/mol. The third-order valence-corrected chi connectivity index (χ3v) is 4.28. The lowest BCUT2D eigenvalue weighted by molar-refractivity contribution is -0.137. The fourth-order valence-corrected chi connectivity index (χ4v) is 2.77. The summed E-state index contributed by atoms with van der Waals surface area (Å²) in [4.78, 5) is 23.5. The summed E-state index contributed by atoms with van der Waals surface area (Å²) in [5.41, 5.74) is 0. The van der Waals surface area contributed by atoms with Crippen molar-refractivity contribution in [2.45, 2.75) is 49.3 Å². The fraction of sp³-hybridized carbons (Fsp3) is 0.467. The van der Waals surface area contributed by atoms with E-state index in [0.29, 0.717) is 17.9 Å². The van der Waals surface area contributed by atoms with Gasteiger partial charge in [0.1, 0.15) is 0 Å². The number of carbonyl (C=O) groups is 2. The Labute approximate surface area is 134 Å². The van der Waals surface area contributed by atoms with E-state index in [2.05, 4.69) is 5.32 Å². The van der Waals surface area contributed by atoms with Crippen LogP contribution in [0, 0.1) is 0 Å². The normalized spacial score (nSPS) is 13.5. The van der Waals surface area contributed by atoms with Crippen LogP contribution in [0.1, 0.15) is 33.1 Å². The second-order valence-electron chi connectivity index (χ2n) is 4.91. The maximum atomic E-state index is 12.0. The number of hydrogen-bond acceptors (Lipinski definition) is 3. The van der Waals surface area contributed by atoms with Crippen molar-refractivity contribution >= 4 is 35.2 Å². The number of rotatable bonds is 8. The summed E-state index contributed by atoms with van der Waals surface area (Å²) < 4.78 is 0. The maximum absolute atomic E-state index is 12.0. The molecule has 2 N–H and O–H groups in total. The van der Waals surface area contributed by atoms with Gasteiger partial charge in [-0.3, -0.25) is 9.59 Å². The summed E-state index contributed by atoms with van der Waals surface area (Å²) in [5.74, 6) is -0.849. The molecule has 2 unspecified atom stereocenters. The molecule has 21 heavy (non-hydrogen) atoms. The van der Waals surface area contributed by atoms with Crippen LogP contribution in [0.5, 0.6) is 0 Å². The predicted octanol–water partition coefficient (Wildman–Crippen LogP) is 3.58. The molecule has 0 bridgehead atoms. The van der Waals surface area contributed by atoms with Gasteiger partial charge in [0.2, 0.25) is 5.91 Å². The van der Waals surface area contributed by atoms with Crippen molar-refractivity contribution in [3.8, 4) is 0 Å². The van der Waals surface area contributed by atoms with E-state index in [9.17, 15) is 9.59 Å². The first-order valence-corrected chi connectivity index (χ1v) is 8.08. The van der Waals surface area contributed by atoms with Crippen molar-refractivity contribution in [2.24, 2.45) is 0 Å². The van der Waals surface area contributed by atoms with Crippen LogP contribution in [0.3, 0.4) is 0 Å². The van der Waals surface area contributed by atoms with Gasteiger partial charge in [-0.1, -0.05) is 11.6 Å². The Morgan fingerprint density at radius 3 is 2.48 bits per heavy atom. The zero-order chi connectivity index (χ0) is 15.8. The van der Waals surface area contributed by atoms with Crippen molar-refractivity contribution in [3.05, 3.63) is 29.3 Å². The molecular weight excluding hydrogens is 310 g/mol. The highest BCUT2D eigenvalue weighted by atomic mass is 35.5. The number of amides is 1. The largest absolute Gasteiger partial charge is 0.481 e. The summed E-state index contributed by atoms with van der Waals surface area (Å²) in [7, 11) is 0. The highest BCUT2D eigenvalue weighted by molar-refractivity contribution is 8.00. The lowest BCUT2D eigenvalue weighted by Crippen LogP contribution is -2.37. The van der Waals surface area contributed by atoms with Gasteiger partial charge in [0.15, 0.2) is 0 Å². The van der Waals surface area contributed by atoms with Gasteiger partial charge >= 0.3 is 5.97 Å². The monoisotopic (exact) mass is 329 g/mol. The van der Waals surface area contributed by atoms with Gasteiger partial charge in [-0.15, -0.1) is 11.8 Å². The molecule has 0 spiro atoms. The number of carboxylic acids is 1. The van der Waals surface area contributed by atoms with Crippen molar-refractivity contribution in [1.29, 1.82) is 0 Å². The summed E-state index contributed by atoms with van der Waals surface area (Å²) in [6, 6.07) is 7.33. The van der Waals surface area contributed by atoms with Crippen molar-refractivity contribution in [1.82, 2.24) is 5.32 Å². The highest BCUT2D eigenvalue weighted by Gasteiger charge is 2.16. The van der Waals surface area contributed by atoms with Crippen LogP contribution in [0.2, 0.25) is 5.02 Å². The zero-order valence-electron chi connectivity index (χ0n) is 12.1. The van der Waals surface area contributed by atoms with E-state index < -0.39 is 5.97 Å². The van der Waals surface area contributed by atoms with E-state index in [1.165, 1.54) is 11.8 Å². The molecule has 0 fully saturated rings. The van der Waals surface area contributed by atoms with Crippen molar-refractivity contribution in [3.63, 3.8) is 0 Å². The van der Waals surface area contributed by atoms with Crippen molar-refractivity contribution < 1.29 is 14.7 Å². The summed E-state index contributed by atoms with van der Waals surface area (Å²) in [6.07, 6.45) is 1.36. The Morgan fingerprint density at radius 1 is 1.29 bits per heavy atom. The van der Waals surface area contributed by atoms with Crippen LogP contribution in [-0.4, -0.2) is 28.3 Å². The number of carboxylic acid groups (broad SMARTS) is 1. The van der Waals surface area contributed by atoms with Gasteiger partial charge in [-0.05, 0) is 51.0 Å². The second kappa shape index (κ2) is 8.95. The topological polar surface area (TPSA) is 66.4 Å². The second-order valence-corrected chi connectivity index (χ2v) is 6.76. The molecule has 0 heterocycles. The molecule has 0 saturated heterocycles. The molecule has 116 valence electrons. The smallest absolute Gasteiger partial charge is 0.303 e. The number of aliphatic carboxylic acids is 1. The molecule has 0 radical (unpaired) electrons. The molecule has 6 heteroatoms. The van der Waals surface area contributed by atoms with Gasteiger partial charge < -0.3 is 10.4 Å². The lowest BCUT2D eigenvalue weighted by Gasteiger charge is -2.17. The number of carbonyl (C=O) groups excluding carboxylic acids is 1. The van der Waals surface area contributed by atoms with Crippen LogP contribution < -0.4 is 5.32 Å². The van der Waals surface area contributed by atoms with E-state index in [0.717, 1.165) is 4.90 Å². The average Bonchev–Trinajstić information content (AvgIpc) is 2.40. The van der Waals surface area contributed by atoms with E-state index >= 15 is 0 Å². The molecule has 0 aliphatic heterocycles. The lowest BCUT2D eigenvalue weighted by atomic mass is 10.1. The number of nitrogens with one attached hydrogen (secondary N) is 1. The fourth-order valence-electron chi connectivity index (χ4n) is 1.76. The van der Waals surface area contributed by atoms with Gasteiger partial charge in [-0.25, -0.2) is 0 Å². The van der Waals surface area contributed by atoms with E-state index in [1.54, 1.807) is 12.1 Å². The Kier molecular flexibility index (Phi) is 7.61. The SMILES string of the molecule is CC(CCCC(=O)O)NC(=O)C(C)Sc1ccc(Cl)cc1. The first-order chi connectivity index (χ1) is 9.88. The van der Waals surface area contributed by atoms with Crippen LogP contribution in [0.4, 0.5) is 0 Å². The minimum atomic E-state index is -0.805. The maximum Gasteiger partial charge on any atom is 0.303 e. The molecule has 1 rings (SSSR count). The van der Waals surface area contributed by atoms with Gasteiger partial charge in [-0.2, -0.15) is 0 Å². The Hall–Kier alpha value is -1.20. The molecule has 1 aromatic carbocycles. The van der Waals surface area contributed by atoms with Crippen molar-refractivity contribution in [2.75, 3.05) is 0 Å².